The Morgan fingerprint density at radius 2 is 2.10 bits per heavy atom. The molecular weight excluding hydrogens is 254 g/mol. The topological polar surface area (TPSA) is 61.4 Å². The molecule has 1 aromatic rings. The van der Waals surface area contributed by atoms with Crippen molar-refractivity contribution in [3.8, 4) is 0 Å². The van der Waals surface area contributed by atoms with Crippen molar-refractivity contribution in [2.45, 2.75) is 32.7 Å². The molecule has 1 aromatic carbocycles. The molecule has 0 spiro atoms. The molecule has 2 N–H and O–H groups in total. The molecule has 1 aliphatic heterocycles. The second-order valence-corrected chi connectivity index (χ2v) is 5.06. The van der Waals surface area contributed by atoms with E-state index in [0.717, 1.165) is 18.5 Å². The van der Waals surface area contributed by atoms with Gasteiger partial charge in [-0.05, 0) is 31.4 Å². The van der Waals surface area contributed by atoms with Gasteiger partial charge in [0.1, 0.15) is 0 Å². The Hall–Kier alpha value is -2.04. The first-order valence-corrected chi connectivity index (χ1v) is 7.04. The number of anilines is 1. The summed E-state index contributed by atoms with van der Waals surface area (Å²) in [6.07, 6.45) is 1.74. The number of benzene rings is 1. The second kappa shape index (κ2) is 6.41. The molecule has 0 saturated carbocycles. The Balaban J connectivity index is 1.86. The lowest BCUT2D eigenvalue weighted by Crippen LogP contribution is -2.45. The lowest BCUT2D eigenvalue weighted by molar-refractivity contribution is -0.117. The van der Waals surface area contributed by atoms with Gasteiger partial charge in [-0.2, -0.15) is 0 Å². The summed E-state index contributed by atoms with van der Waals surface area (Å²) in [6.45, 7) is 4.64. The Bertz CT molecular complexity index is 502. The molecule has 0 fully saturated rings. The number of urea groups is 1. The summed E-state index contributed by atoms with van der Waals surface area (Å²) < 4.78 is 0. The van der Waals surface area contributed by atoms with Crippen LogP contribution in [0, 0.1) is 0 Å². The quantitative estimate of drug-likeness (QED) is 0.878. The van der Waals surface area contributed by atoms with Gasteiger partial charge >= 0.3 is 6.03 Å². The number of hydrogen-bond donors (Lipinski definition) is 2. The molecule has 0 aliphatic carbocycles. The fourth-order valence-corrected chi connectivity index (χ4v) is 2.23. The van der Waals surface area contributed by atoms with E-state index in [4.69, 9.17) is 0 Å². The molecule has 0 aromatic heterocycles. The minimum atomic E-state index is -0.291. The highest BCUT2D eigenvalue weighted by atomic mass is 16.2. The molecule has 1 heterocycles. The third kappa shape index (κ3) is 3.29. The van der Waals surface area contributed by atoms with E-state index in [1.165, 1.54) is 5.56 Å². The summed E-state index contributed by atoms with van der Waals surface area (Å²) in [5.74, 6) is -0.0748. The van der Waals surface area contributed by atoms with Crippen molar-refractivity contribution in [1.29, 1.82) is 0 Å². The molecular formula is C15H21N3O2. The van der Waals surface area contributed by atoms with Crippen molar-refractivity contribution < 1.29 is 9.59 Å². The van der Waals surface area contributed by atoms with Crippen LogP contribution in [0.4, 0.5) is 10.5 Å². The zero-order valence-corrected chi connectivity index (χ0v) is 12.0. The summed E-state index contributed by atoms with van der Waals surface area (Å²) in [5.41, 5.74) is 2.14. The minimum absolute atomic E-state index is 0.0244. The number of nitrogens with one attached hydrogen (secondary N) is 2. The van der Waals surface area contributed by atoms with Gasteiger partial charge < -0.3 is 15.5 Å². The highest BCUT2D eigenvalue weighted by Crippen LogP contribution is 2.27. The lowest BCUT2D eigenvalue weighted by Gasteiger charge is -2.18. The van der Waals surface area contributed by atoms with E-state index in [-0.39, 0.29) is 24.5 Å². The maximum atomic E-state index is 12.2. The summed E-state index contributed by atoms with van der Waals surface area (Å²) in [6, 6.07) is 7.70. The minimum Gasteiger partial charge on any atom is -0.336 e. The van der Waals surface area contributed by atoms with Crippen LogP contribution in [0.2, 0.25) is 0 Å². The van der Waals surface area contributed by atoms with Crippen LogP contribution in [0.15, 0.2) is 24.3 Å². The van der Waals surface area contributed by atoms with Gasteiger partial charge in [0.25, 0.3) is 0 Å². The Kier molecular flexibility index (Phi) is 4.61. The van der Waals surface area contributed by atoms with Crippen LogP contribution >= 0.6 is 0 Å². The monoisotopic (exact) mass is 275 g/mol. The molecule has 3 amide bonds. The highest BCUT2D eigenvalue weighted by Gasteiger charge is 2.24. The van der Waals surface area contributed by atoms with Crippen LogP contribution in [0.5, 0.6) is 0 Å². The number of para-hydroxylation sites is 1. The van der Waals surface area contributed by atoms with E-state index in [1.807, 2.05) is 38.1 Å². The third-order valence-electron chi connectivity index (χ3n) is 3.58. The number of rotatable bonds is 4. The maximum absolute atomic E-state index is 12.2. The molecule has 5 nitrogen and oxygen atoms in total. The van der Waals surface area contributed by atoms with Crippen LogP contribution in [-0.4, -0.2) is 31.1 Å². The SMILES string of the molecule is CC[C@@H](C)NC(=O)NCC(=O)N1CCc2ccccc21. The Labute approximate surface area is 119 Å². The van der Waals surface area contributed by atoms with E-state index in [1.54, 1.807) is 4.90 Å². The fourth-order valence-electron chi connectivity index (χ4n) is 2.23. The molecule has 0 bridgehead atoms. The fraction of sp³-hybridized carbons (Fsp3) is 0.467. The van der Waals surface area contributed by atoms with E-state index < -0.39 is 0 Å². The predicted molar refractivity (Wildman–Crippen MR) is 78.8 cm³/mol. The number of amides is 3. The first kappa shape index (κ1) is 14.4. The van der Waals surface area contributed by atoms with Crippen LogP contribution < -0.4 is 15.5 Å². The molecule has 108 valence electrons. The van der Waals surface area contributed by atoms with Gasteiger partial charge in [0.15, 0.2) is 0 Å². The number of carbonyl (C=O) groups is 2. The van der Waals surface area contributed by atoms with Gasteiger partial charge in [-0.15, -0.1) is 0 Å². The predicted octanol–water partition coefficient (Wildman–Crippen LogP) is 1.67. The van der Waals surface area contributed by atoms with Gasteiger partial charge in [0, 0.05) is 18.3 Å². The van der Waals surface area contributed by atoms with Gasteiger partial charge in [-0.1, -0.05) is 25.1 Å². The lowest BCUT2D eigenvalue weighted by atomic mass is 10.2. The van der Waals surface area contributed by atoms with Gasteiger partial charge in [-0.3, -0.25) is 4.79 Å². The zero-order valence-electron chi connectivity index (χ0n) is 12.0. The van der Waals surface area contributed by atoms with Gasteiger partial charge in [-0.25, -0.2) is 4.79 Å². The molecule has 2 rings (SSSR count). The maximum Gasteiger partial charge on any atom is 0.315 e. The van der Waals surface area contributed by atoms with E-state index in [0.29, 0.717) is 6.54 Å². The molecule has 5 heteroatoms. The molecule has 20 heavy (non-hydrogen) atoms. The highest BCUT2D eigenvalue weighted by molar-refractivity contribution is 5.98. The summed E-state index contributed by atoms with van der Waals surface area (Å²) in [7, 11) is 0. The van der Waals surface area contributed by atoms with Crippen molar-refractivity contribution in [3.05, 3.63) is 29.8 Å². The van der Waals surface area contributed by atoms with Crippen LogP contribution in [0.1, 0.15) is 25.8 Å². The summed E-state index contributed by atoms with van der Waals surface area (Å²) in [4.78, 5) is 25.5. The van der Waals surface area contributed by atoms with Crippen molar-refractivity contribution >= 4 is 17.6 Å². The normalized spacial score (nSPS) is 14.6. The van der Waals surface area contributed by atoms with Crippen molar-refractivity contribution in [3.63, 3.8) is 0 Å². The average Bonchev–Trinajstić information content (AvgIpc) is 2.88. The number of fused-ring (bicyclic) bond motifs is 1. The smallest absolute Gasteiger partial charge is 0.315 e. The second-order valence-electron chi connectivity index (χ2n) is 5.06. The standard InChI is InChI=1S/C15H21N3O2/c1-3-11(2)17-15(20)16-10-14(19)18-9-8-12-6-4-5-7-13(12)18/h4-7,11H,3,8-10H2,1-2H3,(H2,16,17,20)/t11-/m1/s1. The Morgan fingerprint density at radius 1 is 1.35 bits per heavy atom. The number of carbonyl (C=O) groups excluding carboxylic acids is 2. The van der Waals surface area contributed by atoms with Crippen molar-refractivity contribution in [2.75, 3.05) is 18.0 Å². The van der Waals surface area contributed by atoms with E-state index in [2.05, 4.69) is 10.6 Å². The van der Waals surface area contributed by atoms with Crippen LogP contribution in [0.25, 0.3) is 0 Å². The van der Waals surface area contributed by atoms with Crippen LogP contribution in [0.3, 0.4) is 0 Å². The summed E-state index contributed by atoms with van der Waals surface area (Å²) in [5, 5.41) is 5.39. The zero-order chi connectivity index (χ0) is 14.5. The van der Waals surface area contributed by atoms with Crippen molar-refractivity contribution in [2.24, 2.45) is 0 Å². The Morgan fingerprint density at radius 3 is 2.85 bits per heavy atom. The largest absolute Gasteiger partial charge is 0.336 e. The third-order valence-corrected chi connectivity index (χ3v) is 3.58. The van der Waals surface area contributed by atoms with Gasteiger partial charge in [0.2, 0.25) is 5.91 Å². The molecule has 0 unspecified atom stereocenters. The number of nitrogens with zero attached hydrogens (tertiary/aromatic N) is 1. The van der Waals surface area contributed by atoms with Crippen molar-refractivity contribution in [1.82, 2.24) is 10.6 Å². The molecule has 1 atom stereocenters. The average molecular weight is 275 g/mol. The van der Waals surface area contributed by atoms with E-state index in [9.17, 15) is 9.59 Å². The summed E-state index contributed by atoms with van der Waals surface area (Å²) >= 11 is 0. The van der Waals surface area contributed by atoms with E-state index >= 15 is 0 Å². The first-order valence-electron chi connectivity index (χ1n) is 7.04. The first-order chi connectivity index (χ1) is 9.61. The molecule has 1 aliphatic rings. The van der Waals surface area contributed by atoms with Crippen LogP contribution in [-0.2, 0) is 11.2 Å². The molecule has 0 radical (unpaired) electrons. The number of hydrogen-bond acceptors (Lipinski definition) is 2. The molecule has 0 saturated heterocycles. The van der Waals surface area contributed by atoms with Gasteiger partial charge in [0.05, 0.1) is 6.54 Å².